The summed E-state index contributed by atoms with van der Waals surface area (Å²) >= 11 is 0. The van der Waals surface area contributed by atoms with Gasteiger partial charge in [0.15, 0.2) is 0 Å². The van der Waals surface area contributed by atoms with Crippen LogP contribution in [0, 0.1) is 0 Å². The highest BCUT2D eigenvalue weighted by molar-refractivity contribution is 7.47. The van der Waals surface area contributed by atoms with Crippen molar-refractivity contribution >= 4 is 13.7 Å². The Labute approximate surface area is 380 Å². The number of aliphatic hydroxyl groups is 1. The van der Waals surface area contributed by atoms with Crippen molar-refractivity contribution in [2.45, 2.75) is 276 Å². The van der Waals surface area contributed by atoms with Crippen LogP contribution >= 0.6 is 7.82 Å². The molecule has 0 fully saturated rings. The van der Waals surface area contributed by atoms with Gasteiger partial charge in [-0.05, 0) is 12.8 Å². The van der Waals surface area contributed by atoms with E-state index in [0.29, 0.717) is 17.4 Å². The Kier molecular flexibility index (Phi) is 43.9. The van der Waals surface area contributed by atoms with E-state index in [9.17, 15) is 19.4 Å². The number of unbranched alkanes of at least 4 members (excludes halogenated alkanes) is 36. The average molecular weight is 886 g/mol. The molecule has 0 aromatic carbocycles. The minimum Gasteiger partial charge on any atom is -0.387 e. The number of aliphatic hydroxyl groups excluding tert-OH is 1. The number of hydrogen-bond donors (Lipinski definition) is 3. The van der Waals surface area contributed by atoms with E-state index in [-0.39, 0.29) is 19.1 Å². The van der Waals surface area contributed by atoms with Gasteiger partial charge in [-0.15, -0.1) is 0 Å². The van der Waals surface area contributed by atoms with Crippen molar-refractivity contribution in [2.24, 2.45) is 0 Å². The Balaban J connectivity index is 3.65. The molecule has 0 aliphatic carbocycles. The van der Waals surface area contributed by atoms with Crippen molar-refractivity contribution in [1.29, 1.82) is 0 Å². The Bertz CT molecular complexity index is 1000. The molecule has 0 spiro atoms. The van der Waals surface area contributed by atoms with Gasteiger partial charge in [0.25, 0.3) is 0 Å². The van der Waals surface area contributed by atoms with Gasteiger partial charge in [0.2, 0.25) is 5.91 Å². The Morgan fingerprint density at radius 2 is 0.869 bits per heavy atom. The zero-order valence-electron chi connectivity index (χ0n) is 41.4. The molecular formula is C52H106N2O6P+. The lowest BCUT2D eigenvalue weighted by Crippen LogP contribution is -2.45. The third kappa shape index (κ3) is 47.0. The third-order valence-corrected chi connectivity index (χ3v) is 13.2. The molecule has 9 heteroatoms. The number of likely N-dealkylation sites (N-methyl/N-ethyl adjacent to an activating group) is 1. The lowest BCUT2D eigenvalue weighted by Gasteiger charge is -2.25. The number of carbonyl (C=O) groups is 1. The van der Waals surface area contributed by atoms with E-state index >= 15 is 0 Å². The van der Waals surface area contributed by atoms with Crippen LogP contribution in [-0.4, -0.2) is 73.4 Å². The lowest BCUT2D eigenvalue weighted by molar-refractivity contribution is -0.870. The van der Waals surface area contributed by atoms with E-state index in [1.807, 2.05) is 27.2 Å². The minimum atomic E-state index is -4.32. The molecule has 3 N–H and O–H groups in total. The Hall–Kier alpha value is -0.760. The summed E-state index contributed by atoms with van der Waals surface area (Å²) in [5, 5.41) is 13.6. The van der Waals surface area contributed by atoms with Crippen LogP contribution in [0.3, 0.4) is 0 Å². The fourth-order valence-electron chi connectivity index (χ4n) is 8.03. The summed E-state index contributed by atoms with van der Waals surface area (Å²) in [4.78, 5) is 22.9. The summed E-state index contributed by atoms with van der Waals surface area (Å²) < 4.78 is 23.3. The number of nitrogens with zero attached hydrogens (tertiary/aromatic N) is 1. The van der Waals surface area contributed by atoms with Crippen LogP contribution in [0.25, 0.3) is 0 Å². The highest BCUT2D eigenvalue weighted by atomic mass is 31.2. The summed E-state index contributed by atoms with van der Waals surface area (Å²) in [6.45, 7) is 4.69. The second-order valence-corrected chi connectivity index (χ2v) is 21.1. The monoisotopic (exact) mass is 886 g/mol. The molecule has 0 heterocycles. The molecule has 0 aliphatic heterocycles. The maximum atomic E-state index is 12.8. The van der Waals surface area contributed by atoms with Gasteiger partial charge in [-0.2, -0.15) is 0 Å². The van der Waals surface area contributed by atoms with Crippen molar-refractivity contribution in [2.75, 3.05) is 40.9 Å². The molecule has 0 aromatic rings. The zero-order chi connectivity index (χ0) is 45.0. The number of rotatable bonds is 49. The molecule has 0 aliphatic rings. The van der Waals surface area contributed by atoms with Crippen molar-refractivity contribution in [3.05, 3.63) is 12.2 Å². The molecule has 8 nitrogen and oxygen atoms in total. The summed E-state index contributed by atoms with van der Waals surface area (Å²) in [7, 11) is 1.58. The van der Waals surface area contributed by atoms with Crippen molar-refractivity contribution in [3.63, 3.8) is 0 Å². The van der Waals surface area contributed by atoms with Gasteiger partial charge in [0, 0.05) is 6.42 Å². The van der Waals surface area contributed by atoms with Crippen molar-refractivity contribution in [1.82, 2.24) is 5.32 Å². The maximum Gasteiger partial charge on any atom is 0.472 e. The van der Waals surface area contributed by atoms with Gasteiger partial charge in [-0.3, -0.25) is 13.8 Å². The fraction of sp³-hybridized carbons (Fsp3) is 0.942. The van der Waals surface area contributed by atoms with Crippen molar-refractivity contribution < 1.29 is 32.9 Å². The van der Waals surface area contributed by atoms with Gasteiger partial charge in [0.1, 0.15) is 13.2 Å². The number of amides is 1. The van der Waals surface area contributed by atoms with Crippen LogP contribution in [0.4, 0.5) is 0 Å². The summed E-state index contributed by atoms with van der Waals surface area (Å²) in [6, 6.07) is -0.837. The Morgan fingerprint density at radius 3 is 1.20 bits per heavy atom. The normalized spacial score (nSPS) is 14.1. The van der Waals surface area contributed by atoms with Gasteiger partial charge in [-0.25, -0.2) is 4.57 Å². The minimum absolute atomic E-state index is 0.0630. The highest BCUT2D eigenvalue weighted by Gasteiger charge is 2.27. The van der Waals surface area contributed by atoms with Crippen LogP contribution in [0.5, 0.6) is 0 Å². The number of phosphoric ester groups is 1. The molecule has 3 atom stereocenters. The van der Waals surface area contributed by atoms with Crippen LogP contribution in [0.2, 0.25) is 0 Å². The Morgan fingerprint density at radius 1 is 0.541 bits per heavy atom. The summed E-state index contributed by atoms with van der Waals surface area (Å²) in [5.41, 5.74) is 0. The number of carbonyl (C=O) groups excluding carboxylic acids is 1. The first kappa shape index (κ1) is 60.2. The molecule has 364 valence electrons. The van der Waals surface area contributed by atoms with Crippen LogP contribution in [0.15, 0.2) is 12.2 Å². The first-order valence-corrected chi connectivity index (χ1v) is 28.1. The van der Waals surface area contributed by atoms with E-state index in [1.165, 1.54) is 205 Å². The van der Waals surface area contributed by atoms with Gasteiger partial charge < -0.3 is 19.8 Å². The lowest BCUT2D eigenvalue weighted by atomic mass is 10.0. The molecule has 0 saturated carbocycles. The number of phosphoric acid groups is 1. The van der Waals surface area contributed by atoms with Gasteiger partial charge >= 0.3 is 7.82 Å². The zero-order valence-corrected chi connectivity index (χ0v) is 42.3. The van der Waals surface area contributed by atoms with Crippen molar-refractivity contribution in [3.8, 4) is 0 Å². The second-order valence-electron chi connectivity index (χ2n) is 19.6. The molecule has 1 amide bonds. The molecule has 0 saturated heterocycles. The standard InChI is InChI=1S/C52H105N2O6P/c1-6-8-10-12-13-14-15-16-17-18-19-20-21-22-23-24-25-26-27-28-29-30-31-32-33-34-35-36-37-38-39-40-41-42-44-46-52(56)53-50(51(55)45-43-11-9-7-2)49-60-61(57,58)59-48-47-54(3,4)5/h43,45,50-51,55H,6-42,44,46-49H2,1-5H3,(H-,53,56,57,58)/p+1/b45-43+. The van der Waals surface area contributed by atoms with Crippen LogP contribution in [-0.2, 0) is 18.4 Å². The molecular weight excluding hydrogens is 780 g/mol. The van der Waals surface area contributed by atoms with E-state index in [0.717, 1.165) is 38.5 Å². The number of nitrogens with one attached hydrogen (secondary N) is 1. The van der Waals surface area contributed by atoms with Gasteiger partial charge in [0.05, 0.1) is 39.9 Å². The first-order valence-electron chi connectivity index (χ1n) is 26.6. The van der Waals surface area contributed by atoms with E-state index in [1.54, 1.807) is 6.08 Å². The smallest absolute Gasteiger partial charge is 0.387 e. The quantitative estimate of drug-likeness (QED) is 0.0243. The molecule has 61 heavy (non-hydrogen) atoms. The van der Waals surface area contributed by atoms with Crippen LogP contribution in [0.1, 0.15) is 264 Å². The fourth-order valence-corrected chi connectivity index (χ4v) is 8.77. The number of allylic oxidation sites excluding steroid dienone is 1. The van der Waals surface area contributed by atoms with E-state index in [2.05, 4.69) is 19.2 Å². The second kappa shape index (κ2) is 44.4. The molecule has 3 unspecified atom stereocenters. The number of hydrogen-bond acceptors (Lipinski definition) is 5. The van der Waals surface area contributed by atoms with E-state index in [4.69, 9.17) is 9.05 Å². The van der Waals surface area contributed by atoms with Gasteiger partial charge in [-0.1, -0.05) is 257 Å². The first-order chi connectivity index (χ1) is 29.5. The predicted octanol–water partition coefficient (Wildman–Crippen LogP) is 15.5. The molecule has 0 radical (unpaired) electrons. The highest BCUT2D eigenvalue weighted by Crippen LogP contribution is 2.43. The molecule has 0 bridgehead atoms. The molecule has 0 aromatic heterocycles. The van der Waals surface area contributed by atoms with Crippen LogP contribution < -0.4 is 5.32 Å². The topological polar surface area (TPSA) is 105 Å². The maximum absolute atomic E-state index is 12.8. The van der Waals surface area contributed by atoms with E-state index < -0.39 is 20.0 Å². The summed E-state index contributed by atoms with van der Waals surface area (Å²) in [6.07, 6.45) is 54.1. The largest absolute Gasteiger partial charge is 0.472 e. The summed E-state index contributed by atoms with van der Waals surface area (Å²) in [5.74, 6) is -0.181. The average Bonchev–Trinajstić information content (AvgIpc) is 3.21. The molecule has 0 rings (SSSR count). The third-order valence-electron chi connectivity index (χ3n) is 12.3. The predicted molar refractivity (Wildman–Crippen MR) is 263 cm³/mol. The number of quaternary nitrogens is 1. The SMILES string of the molecule is CCCC/C=C/C(O)C(COP(=O)(O)OCC[N+](C)(C)C)NC(=O)CCCCCCCCCCCCCCCCCCCCCCCCCCCCCCCCCCCCC.